The van der Waals surface area contributed by atoms with E-state index in [0.29, 0.717) is 11.3 Å². The van der Waals surface area contributed by atoms with Crippen molar-refractivity contribution in [2.24, 2.45) is 0 Å². The van der Waals surface area contributed by atoms with Gasteiger partial charge in [-0.3, -0.25) is 9.59 Å². The van der Waals surface area contributed by atoms with Gasteiger partial charge in [0.05, 0.1) is 23.4 Å². The summed E-state index contributed by atoms with van der Waals surface area (Å²) >= 11 is 6.14. The van der Waals surface area contributed by atoms with Gasteiger partial charge < -0.3 is 19.2 Å². The molecule has 38 heavy (non-hydrogen) atoms. The summed E-state index contributed by atoms with van der Waals surface area (Å²) in [5, 5.41) is 5.52. The molecule has 0 atom stereocenters. The lowest BCUT2D eigenvalue weighted by molar-refractivity contribution is -0.118. The Morgan fingerprint density at radius 1 is 0.947 bits per heavy atom. The number of carbonyl (C=O) groups is 2. The average Bonchev–Trinajstić information content (AvgIpc) is 3.42. The molecule has 194 valence electrons. The summed E-state index contributed by atoms with van der Waals surface area (Å²) in [6.07, 6.45) is 2.94. The molecule has 2 amide bonds. The minimum absolute atomic E-state index is 0.0323. The first-order chi connectivity index (χ1) is 18.2. The maximum absolute atomic E-state index is 13.0. The van der Waals surface area contributed by atoms with E-state index in [4.69, 9.17) is 20.2 Å². The monoisotopic (exact) mass is 550 g/mol. The highest BCUT2D eigenvalue weighted by molar-refractivity contribution is 7.87. The van der Waals surface area contributed by atoms with Crippen LogP contribution in [0.5, 0.6) is 5.75 Å². The Morgan fingerprint density at radius 3 is 2.32 bits per heavy atom. The fourth-order valence-corrected chi connectivity index (χ4v) is 4.49. The fraction of sp³-hybridized carbons (Fsp3) is 0.0714. The molecule has 4 rings (SSSR count). The second kappa shape index (κ2) is 11.8. The predicted molar refractivity (Wildman–Crippen MR) is 143 cm³/mol. The summed E-state index contributed by atoms with van der Waals surface area (Å²) < 4.78 is 35.6. The standard InChI is InChI=1S/C28H23ClN2O6S/c1-19-8-14-23(15-9-19)38(34,35)37-21-12-10-20(11-13-21)17-26(28(33)30-18-22-5-4-16-36-22)31-27(32)24-6-2-3-7-25(24)29/h2-17H,18H2,1H3,(H,30,33)(H,31,32)/b26-17-. The smallest absolute Gasteiger partial charge is 0.339 e. The lowest BCUT2D eigenvalue weighted by Crippen LogP contribution is -2.34. The first-order valence-corrected chi connectivity index (χ1v) is 13.2. The Kier molecular flexibility index (Phi) is 8.30. The Morgan fingerprint density at radius 2 is 1.66 bits per heavy atom. The number of nitrogens with one attached hydrogen (secondary N) is 2. The summed E-state index contributed by atoms with van der Waals surface area (Å²) in [4.78, 5) is 25.8. The Balaban J connectivity index is 1.54. The molecule has 4 aromatic rings. The molecule has 2 N–H and O–H groups in total. The molecule has 0 aliphatic heterocycles. The maximum atomic E-state index is 13.0. The average molecular weight is 551 g/mol. The highest BCUT2D eigenvalue weighted by atomic mass is 35.5. The number of hydrogen-bond donors (Lipinski definition) is 2. The molecule has 0 aliphatic carbocycles. The van der Waals surface area contributed by atoms with Crippen molar-refractivity contribution in [1.82, 2.24) is 10.6 Å². The zero-order valence-electron chi connectivity index (χ0n) is 20.2. The molecule has 0 saturated carbocycles. The van der Waals surface area contributed by atoms with Gasteiger partial charge in [0.15, 0.2) is 0 Å². The van der Waals surface area contributed by atoms with Crippen LogP contribution in [0.4, 0.5) is 0 Å². The van der Waals surface area contributed by atoms with Crippen LogP contribution in [0.3, 0.4) is 0 Å². The van der Waals surface area contributed by atoms with Crippen LogP contribution in [0.25, 0.3) is 6.08 Å². The van der Waals surface area contributed by atoms with E-state index in [1.807, 2.05) is 6.92 Å². The molecule has 0 unspecified atom stereocenters. The number of rotatable bonds is 9. The van der Waals surface area contributed by atoms with Crippen LogP contribution in [0.2, 0.25) is 5.02 Å². The lowest BCUT2D eigenvalue weighted by Gasteiger charge is -2.12. The molecule has 0 bridgehead atoms. The molecular weight excluding hydrogens is 528 g/mol. The normalized spacial score (nSPS) is 11.6. The first-order valence-electron chi connectivity index (χ1n) is 11.4. The van der Waals surface area contributed by atoms with Gasteiger partial charge in [0, 0.05) is 0 Å². The van der Waals surface area contributed by atoms with Crippen molar-refractivity contribution < 1.29 is 26.6 Å². The fourth-order valence-electron chi connectivity index (χ4n) is 3.34. The number of furan rings is 1. The van der Waals surface area contributed by atoms with Gasteiger partial charge >= 0.3 is 10.1 Å². The van der Waals surface area contributed by atoms with E-state index in [0.717, 1.165) is 5.56 Å². The molecule has 0 saturated heterocycles. The topological polar surface area (TPSA) is 115 Å². The highest BCUT2D eigenvalue weighted by Gasteiger charge is 2.18. The predicted octanol–water partition coefficient (Wildman–Crippen LogP) is 5.10. The largest absolute Gasteiger partial charge is 0.467 e. The van der Waals surface area contributed by atoms with Crippen LogP contribution in [-0.4, -0.2) is 20.2 Å². The summed E-state index contributed by atoms with van der Waals surface area (Å²) in [5.41, 5.74) is 1.57. The first kappa shape index (κ1) is 26.7. The Labute approximate surface area is 225 Å². The molecule has 0 spiro atoms. The molecule has 0 radical (unpaired) electrons. The van der Waals surface area contributed by atoms with Crippen LogP contribution in [0.1, 0.15) is 27.2 Å². The van der Waals surface area contributed by atoms with E-state index >= 15 is 0 Å². The van der Waals surface area contributed by atoms with Crippen LogP contribution < -0.4 is 14.8 Å². The third-order valence-corrected chi connectivity index (χ3v) is 6.91. The van der Waals surface area contributed by atoms with Gasteiger partial charge in [0.1, 0.15) is 22.1 Å². The number of benzene rings is 3. The van der Waals surface area contributed by atoms with Crippen molar-refractivity contribution in [2.45, 2.75) is 18.4 Å². The van der Waals surface area contributed by atoms with E-state index in [1.54, 1.807) is 54.6 Å². The van der Waals surface area contributed by atoms with Crippen molar-refractivity contribution in [2.75, 3.05) is 0 Å². The third kappa shape index (κ3) is 6.90. The second-order valence-corrected chi connectivity index (χ2v) is 10.1. The Hall–Kier alpha value is -4.34. The van der Waals surface area contributed by atoms with E-state index in [9.17, 15) is 18.0 Å². The van der Waals surface area contributed by atoms with Crippen LogP contribution >= 0.6 is 11.6 Å². The summed E-state index contributed by atoms with van der Waals surface area (Å²) in [6.45, 7) is 1.96. The summed E-state index contributed by atoms with van der Waals surface area (Å²) in [5.74, 6) is -0.513. The number of aryl methyl sites for hydroxylation is 1. The highest BCUT2D eigenvalue weighted by Crippen LogP contribution is 2.21. The number of amides is 2. The minimum atomic E-state index is -4.02. The molecule has 0 fully saturated rings. The molecule has 0 aliphatic rings. The number of carbonyl (C=O) groups excluding carboxylic acids is 2. The molecule has 10 heteroatoms. The van der Waals surface area contributed by atoms with Gasteiger partial charge in [-0.1, -0.05) is 53.6 Å². The number of hydrogen-bond acceptors (Lipinski definition) is 6. The van der Waals surface area contributed by atoms with Gasteiger partial charge in [-0.15, -0.1) is 0 Å². The van der Waals surface area contributed by atoms with Crippen molar-refractivity contribution in [3.63, 3.8) is 0 Å². The molecule has 1 heterocycles. The van der Waals surface area contributed by atoms with Crippen LogP contribution in [0.15, 0.2) is 106 Å². The lowest BCUT2D eigenvalue weighted by atomic mass is 10.1. The zero-order chi connectivity index (χ0) is 27.1. The van der Waals surface area contributed by atoms with Crippen molar-refractivity contribution in [1.29, 1.82) is 0 Å². The van der Waals surface area contributed by atoms with Gasteiger partial charge in [-0.05, 0) is 67.1 Å². The molecule has 8 nitrogen and oxygen atoms in total. The van der Waals surface area contributed by atoms with Gasteiger partial charge in [-0.25, -0.2) is 0 Å². The van der Waals surface area contributed by atoms with E-state index in [1.165, 1.54) is 42.7 Å². The number of halogens is 1. The molecule has 3 aromatic carbocycles. The summed E-state index contributed by atoms with van der Waals surface area (Å²) in [7, 11) is -4.02. The van der Waals surface area contributed by atoms with Crippen molar-refractivity contribution in [3.8, 4) is 5.75 Å². The van der Waals surface area contributed by atoms with Crippen LogP contribution in [-0.2, 0) is 21.5 Å². The SMILES string of the molecule is Cc1ccc(S(=O)(=O)Oc2ccc(/C=C(\NC(=O)c3ccccc3Cl)C(=O)NCc3ccco3)cc2)cc1. The minimum Gasteiger partial charge on any atom is -0.467 e. The molecule has 1 aromatic heterocycles. The quantitative estimate of drug-likeness (QED) is 0.221. The van der Waals surface area contributed by atoms with Gasteiger partial charge in [-0.2, -0.15) is 8.42 Å². The van der Waals surface area contributed by atoms with Crippen molar-refractivity contribution >= 4 is 39.6 Å². The molecular formula is C28H23ClN2O6S. The van der Waals surface area contributed by atoms with E-state index in [2.05, 4.69) is 10.6 Å². The van der Waals surface area contributed by atoms with Crippen molar-refractivity contribution in [3.05, 3.63) is 124 Å². The van der Waals surface area contributed by atoms with Gasteiger partial charge in [0.25, 0.3) is 11.8 Å². The summed E-state index contributed by atoms with van der Waals surface area (Å²) in [6, 6.07) is 22.2. The Bertz CT molecular complexity index is 1560. The van der Waals surface area contributed by atoms with Gasteiger partial charge in [0.2, 0.25) is 0 Å². The zero-order valence-corrected chi connectivity index (χ0v) is 21.8. The van der Waals surface area contributed by atoms with E-state index in [-0.39, 0.29) is 33.5 Å². The third-order valence-electron chi connectivity index (χ3n) is 5.32. The maximum Gasteiger partial charge on any atom is 0.339 e. The second-order valence-electron chi connectivity index (χ2n) is 8.17. The van der Waals surface area contributed by atoms with E-state index < -0.39 is 21.9 Å². The van der Waals surface area contributed by atoms with Crippen LogP contribution in [0, 0.1) is 6.92 Å².